The lowest BCUT2D eigenvalue weighted by molar-refractivity contribution is -0.0826. The molecule has 0 aliphatic carbocycles. The largest absolute Gasteiger partial charge is 0.389 e. The standard InChI is InChI=1S/C16H25NO3/c1-13-8-17(9-14(2)20-13)10-16(18)12-19-11-15-6-4-3-5-7-15/h3-7,13-14,16,18H,8-12H2,1-2H3/t13-,14+,16-/m1/s1. The Labute approximate surface area is 121 Å². The number of ether oxygens (including phenoxy) is 2. The lowest BCUT2D eigenvalue weighted by Crippen LogP contribution is -2.48. The van der Waals surface area contributed by atoms with Crippen LogP contribution in [-0.4, -0.2) is 54.6 Å². The van der Waals surface area contributed by atoms with E-state index in [0.29, 0.717) is 19.8 Å². The molecule has 0 unspecified atom stereocenters. The molecular weight excluding hydrogens is 254 g/mol. The Balaban J connectivity index is 1.66. The van der Waals surface area contributed by atoms with E-state index in [1.54, 1.807) is 0 Å². The summed E-state index contributed by atoms with van der Waals surface area (Å²) >= 11 is 0. The summed E-state index contributed by atoms with van der Waals surface area (Å²) in [6.07, 6.45) is 0.0172. The maximum absolute atomic E-state index is 10.0. The third-order valence-electron chi connectivity index (χ3n) is 3.39. The molecule has 0 aromatic heterocycles. The van der Waals surface area contributed by atoms with Crippen molar-refractivity contribution < 1.29 is 14.6 Å². The molecule has 0 amide bonds. The molecule has 3 atom stereocenters. The number of nitrogens with zero attached hydrogens (tertiary/aromatic N) is 1. The Bertz CT molecular complexity index is 375. The highest BCUT2D eigenvalue weighted by molar-refractivity contribution is 5.13. The van der Waals surface area contributed by atoms with E-state index < -0.39 is 6.10 Å². The first-order valence-corrected chi connectivity index (χ1v) is 7.31. The van der Waals surface area contributed by atoms with Crippen molar-refractivity contribution in [3.05, 3.63) is 35.9 Å². The maximum atomic E-state index is 10.0. The summed E-state index contributed by atoms with van der Waals surface area (Å²) in [6, 6.07) is 10.0. The van der Waals surface area contributed by atoms with Crippen LogP contribution in [0.1, 0.15) is 19.4 Å². The van der Waals surface area contributed by atoms with Crippen molar-refractivity contribution in [1.82, 2.24) is 4.90 Å². The first-order valence-electron chi connectivity index (χ1n) is 7.31. The molecule has 0 radical (unpaired) electrons. The fraction of sp³-hybridized carbons (Fsp3) is 0.625. The Morgan fingerprint density at radius 2 is 1.90 bits per heavy atom. The van der Waals surface area contributed by atoms with Crippen LogP contribution in [0.25, 0.3) is 0 Å². The molecule has 0 bridgehead atoms. The number of aliphatic hydroxyl groups is 1. The minimum atomic E-state index is -0.448. The number of benzene rings is 1. The van der Waals surface area contributed by atoms with Crippen LogP contribution in [0.3, 0.4) is 0 Å². The Morgan fingerprint density at radius 3 is 2.55 bits per heavy atom. The molecule has 0 saturated carbocycles. The number of β-amino-alcohol motifs (C(OH)–C–C–N with tert-alkyl or cyclic N) is 1. The second-order valence-electron chi connectivity index (χ2n) is 5.63. The van der Waals surface area contributed by atoms with E-state index in [1.165, 1.54) is 0 Å². The van der Waals surface area contributed by atoms with E-state index in [9.17, 15) is 5.11 Å². The molecule has 4 heteroatoms. The molecule has 112 valence electrons. The SMILES string of the molecule is C[C@@H]1CN(C[C@@H](O)COCc2ccccc2)C[C@H](C)O1. The number of hydrogen-bond acceptors (Lipinski definition) is 4. The monoisotopic (exact) mass is 279 g/mol. The quantitative estimate of drug-likeness (QED) is 0.860. The van der Waals surface area contributed by atoms with Gasteiger partial charge in [0.2, 0.25) is 0 Å². The van der Waals surface area contributed by atoms with E-state index >= 15 is 0 Å². The summed E-state index contributed by atoms with van der Waals surface area (Å²) in [5.41, 5.74) is 1.13. The summed E-state index contributed by atoms with van der Waals surface area (Å²) in [4.78, 5) is 2.25. The van der Waals surface area contributed by atoms with Crippen LogP contribution in [0.2, 0.25) is 0 Å². The van der Waals surface area contributed by atoms with Crippen molar-refractivity contribution in [3.63, 3.8) is 0 Å². The average molecular weight is 279 g/mol. The van der Waals surface area contributed by atoms with Crippen molar-refractivity contribution in [1.29, 1.82) is 0 Å². The number of aliphatic hydroxyl groups excluding tert-OH is 1. The van der Waals surface area contributed by atoms with Gasteiger partial charge < -0.3 is 14.6 Å². The van der Waals surface area contributed by atoms with E-state index in [-0.39, 0.29) is 12.2 Å². The molecule has 1 aliphatic heterocycles. The third-order valence-corrected chi connectivity index (χ3v) is 3.39. The zero-order valence-electron chi connectivity index (χ0n) is 12.4. The van der Waals surface area contributed by atoms with Crippen LogP contribution >= 0.6 is 0 Å². The van der Waals surface area contributed by atoms with Gasteiger partial charge in [-0.25, -0.2) is 0 Å². The molecule has 1 aromatic rings. The molecule has 1 aliphatic rings. The topological polar surface area (TPSA) is 41.9 Å². The van der Waals surface area contributed by atoms with Crippen LogP contribution < -0.4 is 0 Å². The highest BCUT2D eigenvalue weighted by atomic mass is 16.5. The Morgan fingerprint density at radius 1 is 1.25 bits per heavy atom. The second kappa shape index (κ2) is 7.74. The number of hydrogen-bond donors (Lipinski definition) is 1. The second-order valence-corrected chi connectivity index (χ2v) is 5.63. The van der Waals surface area contributed by atoms with E-state index in [1.807, 2.05) is 30.3 Å². The van der Waals surface area contributed by atoms with Crippen molar-refractivity contribution in [2.75, 3.05) is 26.2 Å². The Hall–Kier alpha value is -0.940. The summed E-state index contributed by atoms with van der Waals surface area (Å²) in [5.74, 6) is 0. The van der Waals surface area contributed by atoms with Crippen LogP contribution in [-0.2, 0) is 16.1 Å². The van der Waals surface area contributed by atoms with Crippen molar-refractivity contribution in [3.8, 4) is 0 Å². The summed E-state index contributed by atoms with van der Waals surface area (Å²) in [7, 11) is 0. The molecule has 4 nitrogen and oxygen atoms in total. The fourth-order valence-electron chi connectivity index (χ4n) is 2.67. The molecule has 1 heterocycles. The molecule has 1 fully saturated rings. The first-order chi connectivity index (χ1) is 9.63. The van der Waals surface area contributed by atoms with Gasteiger partial charge in [0.1, 0.15) is 0 Å². The van der Waals surface area contributed by atoms with Gasteiger partial charge in [0.25, 0.3) is 0 Å². The van der Waals surface area contributed by atoms with E-state index in [4.69, 9.17) is 9.47 Å². The van der Waals surface area contributed by atoms with E-state index in [2.05, 4.69) is 18.7 Å². The highest BCUT2D eigenvalue weighted by Gasteiger charge is 2.23. The van der Waals surface area contributed by atoms with Gasteiger partial charge in [-0.1, -0.05) is 30.3 Å². The van der Waals surface area contributed by atoms with Gasteiger partial charge in [-0.3, -0.25) is 4.90 Å². The zero-order chi connectivity index (χ0) is 14.4. The average Bonchev–Trinajstić information content (AvgIpc) is 2.38. The van der Waals surface area contributed by atoms with Crippen molar-refractivity contribution in [2.45, 2.75) is 38.8 Å². The van der Waals surface area contributed by atoms with Gasteiger partial charge in [0.15, 0.2) is 0 Å². The molecule has 2 rings (SSSR count). The van der Waals surface area contributed by atoms with Gasteiger partial charge in [-0.05, 0) is 19.4 Å². The molecule has 1 N–H and O–H groups in total. The van der Waals surface area contributed by atoms with Gasteiger partial charge in [0, 0.05) is 19.6 Å². The van der Waals surface area contributed by atoms with Crippen LogP contribution in [0, 0.1) is 0 Å². The van der Waals surface area contributed by atoms with Gasteiger partial charge in [-0.2, -0.15) is 0 Å². The van der Waals surface area contributed by atoms with Crippen molar-refractivity contribution >= 4 is 0 Å². The third kappa shape index (κ3) is 5.21. The van der Waals surface area contributed by atoms with Crippen LogP contribution in [0.4, 0.5) is 0 Å². The molecular formula is C16H25NO3. The van der Waals surface area contributed by atoms with Gasteiger partial charge >= 0.3 is 0 Å². The Kier molecular flexibility index (Phi) is 5.98. The number of morpholine rings is 1. The fourth-order valence-corrected chi connectivity index (χ4v) is 2.67. The van der Waals surface area contributed by atoms with E-state index in [0.717, 1.165) is 18.7 Å². The molecule has 20 heavy (non-hydrogen) atoms. The highest BCUT2D eigenvalue weighted by Crippen LogP contribution is 2.11. The predicted molar refractivity (Wildman–Crippen MR) is 78.6 cm³/mol. The lowest BCUT2D eigenvalue weighted by Gasteiger charge is -2.36. The summed E-state index contributed by atoms with van der Waals surface area (Å²) in [6.45, 7) is 7.46. The van der Waals surface area contributed by atoms with Crippen LogP contribution in [0.5, 0.6) is 0 Å². The van der Waals surface area contributed by atoms with Crippen LogP contribution in [0.15, 0.2) is 30.3 Å². The normalized spacial score (nSPS) is 25.6. The molecule has 1 saturated heterocycles. The summed E-state index contributed by atoms with van der Waals surface area (Å²) < 4.78 is 11.3. The molecule has 0 spiro atoms. The minimum absolute atomic E-state index is 0.233. The van der Waals surface area contributed by atoms with Gasteiger partial charge in [0.05, 0.1) is 31.5 Å². The zero-order valence-corrected chi connectivity index (χ0v) is 12.4. The summed E-state index contributed by atoms with van der Waals surface area (Å²) in [5, 5.41) is 10.0. The molecule has 1 aromatic carbocycles. The maximum Gasteiger partial charge on any atom is 0.0900 e. The predicted octanol–water partition coefficient (Wildman–Crippen LogP) is 1.67. The lowest BCUT2D eigenvalue weighted by atomic mass is 10.2. The minimum Gasteiger partial charge on any atom is -0.389 e. The number of rotatable bonds is 6. The first kappa shape index (κ1) is 15.4. The van der Waals surface area contributed by atoms with Gasteiger partial charge in [-0.15, -0.1) is 0 Å². The van der Waals surface area contributed by atoms with Crippen molar-refractivity contribution in [2.24, 2.45) is 0 Å². The smallest absolute Gasteiger partial charge is 0.0900 e.